The Kier molecular flexibility index (Phi) is 3.90. The highest BCUT2D eigenvalue weighted by Crippen LogP contribution is 2.40. The second-order valence-electron chi connectivity index (χ2n) is 5.52. The highest BCUT2D eigenvalue weighted by atomic mass is 35.5. The SMILES string of the molecule is CCC1(CC)CCN(c2c(CCl)c(C)nn2C)C1. The van der Waals surface area contributed by atoms with E-state index in [-0.39, 0.29) is 0 Å². The van der Waals surface area contributed by atoms with Crippen LogP contribution in [0.25, 0.3) is 0 Å². The molecule has 2 rings (SSSR count). The Hall–Kier alpha value is -0.700. The molecule has 0 atom stereocenters. The van der Waals surface area contributed by atoms with Gasteiger partial charge in [-0.05, 0) is 31.6 Å². The van der Waals surface area contributed by atoms with E-state index in [1.807, 2.05) is 18.7 Å². The van der Waals surface area contributed by atoms with Crippen molar-refractivity contribution in [3.63, 3.8) is 0 Å². The molecule has 1 aliphatic rings. The largest absolute Gasteiger partial charge is 0.356 e. The van der Waals surface area contributed by atoms with E-state index in [2.05, 4.69) is 23.8 Å². The van der Waals surface area contributed by atoms with Crippen LogP contribution in [0, 0.1) is 12.3 Å². The molecule has 0 aliphatic carbocycles. The predicted molar refractivity (Wildman–Crippen MR) is 77.3 cm³/mol. The Morgan fingerprint density at radius 3 is 2.50 bits per heavy atom. The van der Waals surface area contributed by atoms with Gasteiger partial charge in [-0.2, -0.15) is 5.10 Å². The molecule has 3 nitrogen and oxygen atoms in total. The average molecular weight is 270 g/mol. The summed E-state index contributed by atoms with van der Waals surface area (Å²) in [5.41, 5.74) is 2.75. The smallest absolute Gasteiger partial charge is 0.131 e. The van der Waals surface area contributed by atoms with Crippen molar-refractivity contribution < 1.29 is 0 Å². The molecule has 1 fully saturated rings. The first-order chi connectivity index (χ1) is 8.56. The molecule has 0 amide bonds. The van der Waals surface area contributed by atoms with Gasteiger partial charge >= 0.3 is 0 Å². The molecular weight excluding hydrogens is 246 g/mol. The molecular formula is C14H24ClN3. The molecule has 0 unspecified atom stereocenters. The summed E-state index contributed by atoms with van der Waals surface area (Å²) in [6.45, 7) is 8.94. The number of hydrogen-bond donors (Lipinski definition) is 0. The van der Waals surface area contributed by atoms with Crippen LogP contribution in [0.4, 0.5) is 5.82 Å². The molecule has 4 heteroatoms. The second-order valence-corrected chi connectivity index (χ2v) is 5.79. The van der Waals surface area contributed by atoms with Crippen molar-refractivity contribution in [1.82, 2.24) is 9.78 Å². The molecule has 18 heavy (non-hydrogen) atoms. The highest BCUT2D eigenvalue weighted by Gasteiger charge is 2.36. The monoisotopic (exact) mass is 269 g/mol. The van der Waals surface area contributed by atoms with Crippen LogP contribution in [0.15, 0.2) is 0 Å². The minimum atomic E-state index is 0.488. The van der Waals surface area contributed by atoms with Gasteiger partial charge in [0, 0.05) is 25.7 Å². The number of anilines is 1. The Bertz CT molecular complexity index is 421. The van der Waals surface area contributed by atoms with Gasteiger partial charge in [-0.3, -0.25) is 4.68 Å². The zero-order chi connectivity index (χ0) is 13.3. The molecule has 0 aromatic carbocycles. The first-order valence-electron chi connectivity index (χ1n) is 6.90. The van der Waals surface area contributed by atoms with E-state index in [1.165, 1.54) is 30.6 Å². The van der Waals surface area contributed by atoms with E-state index in [0.29, 0.717) is 11.3 Å². The third-order valence-electron chi connectivity index (χ3n) is 4.68. The quantitative estimate of drug-likeness (QED) is 0.781. The summed E-state index contributed by atoms with van der Waals surface area (Å²) < 4.78 is 1.99. The summed E-state index contributed by atoms with van der Waals surface area (Å²) in [5.74, 6) is 1.78. The molecule has 1 aliphatic heterocycles. The Morgan fingerprint density at radius 1 is 1.33 bits per heavy atom. The topological polar surface area (TPSA) is 21.1 Å². The summed E-state index contributed by atoms with van der Waals surface area (Å²) in [7, 11) is 2.02. The lowest BCUT2D eigenvalue weighted by Gasteiger charge is -2.27. The van der Waals surface area contributed by atoms with Crippen LogP contribution in [-0.2, 0) is 12.9 Å². The maximum Gasteiger partial charge on any atom is 0.131 e. The Morgan fingerprint density at radius 2 is 2.00 bits per heavy atom. The molecule has 0 N–H and O–H groups in total. The van der Waals surface area contributed by atoms with Gasteiger partial charge in [0.2, 0.25) is 0 Å². The maximum absolute atomic E-state index is 6.09. The van der Waals surface area contributed by atoms with Crippen molar-refractivity contribution in [3.05, 3.63) is 11.3 Å². The van der Waals surface area contributed by atoms with E-state index in [9.17, 15) is 0 Å². The molecule has 1 aromatic rings. The lowest BCUT2D eigenvalue weighted by Crippen LogP contribution is -2.28. The van der Waals surface area contributed by atoms with Crippen LogP contribution in [0.3, 0.4) is 0 Å². The third kappa shape index (κ3) is 2.13. The van der Waals surface area contributed by atoms with Crippen molar-refractivity contribution in [2.24, 2.45) is 12.5 Å². The van der Waals surface area contributed by atoms with Gasteiger partial charge in [-0.25, -0.2) is 0 Å². The van der Waals surface area contributed by atoms with Crippen LogP contribution in [0.1, 0.15) is 44.4 Å². The van der Waals surface area contributed by atoms with E-state index in [0.717, 1.165) is 18.8 Å². The van der Waals surface area contributed by atoms with Crippen molar-refractivity contribution in [3.8, 4) is 0 Å². The maximum atomic E-state index is 6.09. The zero-order valence-corrected chi connectivity index (χ0v) is 12.7. The number of nitrogens with zero attached hydrogens (tertiary/aromatic N) is 3. The summed E-state index contributed by atoms with van der Waals surface area (Å²) in [5, 5.41) is 4.52. The van der Waals surface area contributed by atoms with Crippen LogP contribution < -0.4 is 4.90 Å². The number of aryl methyl sites for hydroxylation is 2. The fourth-order valence-electron chi connectivity index (χ4n) is 3.18. The van der Waals surface area contributed by atoms with Crippen molar-refractivity contribution in [2.75, 3.05) is 18.0 Å². The number of halogens is 1. The summed E-state index contributed by atoms with van der Waals surface area (Å²) >= 11 is 6.09. The predicted octanol–water partition coefficient (Wildman–Crippen LogP) is 3.48. The molecule has 102 valence electrons. The minimum Gasteiger partial charge on any atom is -0.356 e. The van der Waals surface area contributed by atoms with E-state index in [4.69, 9.17) is 11.6 Å². The van der Waals surface area contributed by atoms with Crippen LogP contribution in [0.5, 0.6) is 0 Å². The van der Waals surface area contributed by atoms with Crippen molar-refractivity contribution in [1.29, 1.82) is 0 Å². The van der Waals surface area contributed by atoms with Crippen LogP contribution in [0.2, 0.25) is 0 Å². The third-order valence-corrected chi connectivity index (χ3v) is 4.95. The van der Waals surface area contributed by atoms with Crippen LogP contribution >= 0.6 is 11.6 Å². The van der Waals surface area contributed by atoms with E-state index in [1.54, 1.807) is 0 Å². The van der Waals surface area contributed by atoms with Gasteiger partial charge in [-0.1, -0.05) is 13.8 Å². The Balaban J connectivity index is 2.29. The Labute approximate surface area is 115 Å². The van der Waals surface area contributed by atoms with Gasteiger partial charge in [0.05, 0.1) is 11.6 Å². The number of aromatic nitrogens is 2. The van der Waals surface area contributed by atoms with Gasteiger partial charge in [-0.15, -0.1) is 11.6 Å². The zero-order valence-electron chi connectivity index (χ0n) is 12.0. The number of rotatable bonds is 4. The molecule has 0 saturated carbocycles. The van der Waals surface area contributed by atoms with Crippen molar-refractivity contribution >= 4 is 17.4 Å². The molecule has 0 radical (unpaired) electrons. The number of hydrogen-bond acceptors (Lipinski definition) is 2. The summed E-state index contributed by atoms with van der Waals surface area (Å²) in [6.07, 6.45) is 3.80. The molecule has 0 spiro atoms. The molecule has 1 saturated heterocycles. The number of alkyl halides is 1. The highest BCUT2D eigenvalue weighted by molar-refractivity contribution is 6.17. The second kappa shape index (κ2) is 5.12. The summed E-state index contributed by atoms with van der Waals surface area (Å²) in [4.78, 5) is 2.48. The molecule has 1 aromatic heterocycles. The van der Waals surface area contributed by atoms with Gasteiger partial charge in [0.1, 0.15) is 5.82 Å². The lowest BCUT2D eigenvalue weighted by molar-refractivity contribution is 0.301. The standard InChI is InChI=1S/C14H24ClN3/c1-5-14(6-2)7-8-18(10-14)13-12(9-15)11(3)16-17(13)4/h5-10H2,1-4H3. The van der Waals surface area contributed by atoms with Gasteiger partial charge < -0.3 is 4.90 Å². The lowest BCUT2D eigenvalue weighted by atomic mass is 9.82. The fourth-order valence-corrected chi connectivity index (χ4v) is 3.50. The van der Waals surface area contributed by atoms with Gasteiger partial charge in [0.15, 0.2) is 0 Å². The van der Waals surface area contributed by atoms with E-state index < -0.39 is 0 Å². The van der Waals surface area contributed by atoms with Gasteiger partial charge in [0.25, 0.3) is 0 Å². The van der Waals surface area contributed by atoms with Crippen molar-refractivity contribution in [2.45, 2.75) is 45.9 Å². The normalized spacial score (nSPS) is 18.6. The first kappa shape index (κ1) is 13.7. The molecule has 2 heterocycles. The van der Waals surface area contributed by atoms with E-state index >= 15 is 0 Å². The minimum absolute atomic E-state index is 0.488. The molecule has 0 bridgehead atoms. The average Bonchev–Trinajstić information content (AvgIpc) is 2.90. The fraction of sp³-hybridized carbons (Fsp3) is 0.786. The summed E-state index contributed by atoms with van der Waals surface area (Å²) in [6, 6.07) is 0. The van der Waals surface area contributed by atoms with Crippen LogP contribution in [-0.4, -0.2) is 22.9 Å². The first-order valence-corrected chi connectivity index (χ1v) is 7.43.